The first-order valence-electron chi connectivity index (χ1n) is 6.87. The summed E-state index contributed by atoms with van der Waals surface area (Å²) < 4.78 is 0. The summed E-state index contributed by atoms with van der Waals surface area (Å²) in [5.41, 5.74) is 3.38. The van der Waals surface area contributed by atoms with Crippen LogP contribution in [-0.4, -0.2) is 23.2 Å². The van der Waals surface area contributed by atoms with Gasteiger partial charge in [0.2, 0.25) is 0 Å². The van der Waals surface area contributed by atoms with Crippen LogP contribution in [0.2, 0.25) is 0 Å². The quantitative estimate of drug-likeness (QED) is 0.837. The van der Waals surface area contributed by atoms with Gasteiger partial charge in [-0.3, -0.25) is 4.98 Å². The number of fused-ring (bicyclic) bond motifs is 1. The van der Waals surface area contributed by atoms with Crippen molar-refractivity contribution in [3.8, 4) is 0 Å². The average Bonchev–Trinajstić information content (AvgIpc) is 2.39. The van der Waals surface area contributed by atoms with Gasteiger partial charge < -0.3 is 10.4 Å². The second-order valence-electron chi connectivity index (χ2n) is 5.23. The molecule has 102 valence electrons. The Morgan fingerprint density at radius 1 is 1.26 bits per heavy atom. The van der Waals surface area contributed by atoms with Crippen LogP contribution in [0.15, 0.2) is 30.3 Å². The molecular formula is C16H22N2O. The Hall–Kier alpha value is -1.45. The lowest BCUT2D eigenvalue weighted by atomic mass is 10.1. The summed E-state index contributed by atoms with van der Waals surface area (Å²) in [4.78, 5) is 4.50. The summed E-state index contributed by atoms with van der Waals surface area (Å²) in [6.45, 7) is 6.22. The van der Waals surface area contributed by atoms with Crippen molar-refractivity contribution in [3.63, 3.8) is 0 Å². The van der Waals surface area contributed by atoms with Gasteiger partial charge in [0.15, 0.2) is 0 Å². The van der Waals surface area contributed by atoms with E-state index in [2.05, 4.69) is 41.5 Å². The molecule has 0 bridgehead atoms. The maximum absolute atomic E-state index is 8.86. The molecule has 0 saturated heterocycles. The highest BCUT2D eigenvalue weighted by Crippen LogP contribution is 2.14. The van der Waals surface area contributed by atoms with Gasteiger partial charge in [-0.25, -0.2) is 0 Å². The molecule has 1 unspecified atom stereocenters. The Bertz CT molecular complexity index is 539. The zero-order valence-electron chi connectivity index (χ0n) is 11.7. The van der Waals surface area contributed by atoms with Crippen molar-refractivity contribution in [1.82, 2.24) is 10.3 Å². The largest absolute Gasteiger partial charge is 0.396 e. The molecule has 0 aliphatic carbocycles. The Morgan fingerprint density at radius 3 is 2.89 bits per heavy atom. The van der Waals surface area contributed by atoms with Crippen LogP contribution in [0.4, 0.5) is 0 Å². The van der Waals surface area contributed by atoms with Crippen molar-refractivity contribution >= 4 is 10.9 Å². The molecule has 3 heteroatoms. The molecular weight excluding hydrogens is 236 g/mol. The predicted molar refractivity (Wildman–Crippen MR) is 79.1 cm³/mol. The molecule has 0 amide bonds. The molecule has 3 nitrogen and oxygen atoms in total. The van der Waals surface area contributed by atoms with Gasteiger partial charge in [-0.1, -0.05) is 19.1 Å². The molecule has 1 aromatic carbocycles. The number of rotatable bonds is 6. The molecule has 2 N–H and O–H groups in total. The summed E-state index contributed by atoms with van der Waals surface area (Å²) in [6, 6.07) is 10.6. The van der Waals surface area contributed by atoms with E-state index >= 15 is 0 Å². The van der Waals surface area contributed by atoms with E-state index in [4.69, 9.17) is 5.11 Å². The van der Waals surface area contributed by atoms with Crippen molar-refractivity contribution in [2.24, 2.45) is 5.92 Å². The van der Waals surface area contributed by atoms with Crippen LogP contribution < -0.4 is 5.32 Å². The third-order valence-corrected chi connectivity index (χ3v) is 3.34. The highest BCUT2D eigenvalue weighted by Gasteiger charge is 2.02. The molecule has 2 aromatic rings. The normalized spacial score (nSPS) is 12.8. The van der Waals surface area contributed by atoms with Gasteiger partial charge >= 0.3 is 0 Å². The van der Waals surface area contributed by atoms with E-state index in [9.17, 15) is 0 Å². The Labute approximate surface area is 114 Å². The molecule has 0 spiro atoms. The molecule has 1 heterocycles. The summed E-state index contributed by atoms with van der Waals surface area (Å²) >= 11 is 0. The molecule has 0 fully saturated rings. The zero-order valence-corrected chi connectivity index (χ0v) is 11.7. The standard InChI is InChI=1S/C16H22N2O/c1-12(7-8-19)10-17-11-14-4-6-16-15(9-14)5-3-13(2)18-16/h3-6,9,12,17,19H,7-8,10-11H2,1-2H3. The number of pyridine rings is 1. The van der Waals surface area contributed by atoms with Crippen LogP contribution in [-0.2, 0) is 6.54 Å². The molecule has 0 aliphatic heterocycles. The van der Waals surface area contributed by atoms with Crippen molar-refractivity contribution in [2.45, 2.75) is 26.8 Å². The van der Waals surface area contributed by atoms with Gasteiger partial charge in [0, 0.05) is 24.2 Å². The fraction of sp³-hybridized carbons (Fsp3) is 0.438. The second-order valence-corrected chi connectivity index (χ2v) is 5.23. The van der Waals surface area contributed by atoms with Crippen molar-refractivity contribution in [3.05, 3.63) is 41.6 Å². The maximum Gasteiger partial charge on any atom is 0.0705 e. The van der Waals surface area contributed by atoms with E-state index in [1.807, 2.05) is 13.0 Å². The summed E-state index contributed by atoms with van der Waals surface area (Å²) in [5.74, 6) is 0.509. The van der Waals surface area contributed by atoms with E-state index in [1.54, 1.807) is 0 Å². The highest BCUT2D eigenvalue weighted by atomic mass is 16.3. The first-order chi connectivity index (χ1) is 9.19. The molecule has 0 radical (unpaired) electrons. The topological polar surface area (TPSA) is 45.1 Å². The van der Waals surface area contributed by atoms with Crippen molar-refractivity contribution in [2.75, 3.05) is 13.2 Å². The summed E-state index contributed by atoms with van der Waals surface area (Å²) in [6.07, 6.45) is 0.855. The second kappa shape index (κ2) is 6.64. The van der Waals surface area contributed by atoms with E-state index in [0.717, 1.165) is 30.7 Å². The number of hydrogen-bond acceptors (Lipinski definition) is 3. The van der Waals surface area contributed by atoms with Crippen LogP contribution in [0.1, 0.15) is 24.6 Å². The summed E-state index contributed by atoms with van der Waals surface area (Å²) in [7, 11) is 0. The van der Waals surface area contributed by atoms with Crippen LogP contribution in [0.5, 0.6) is 0 Å². The smallest absolute Gasteiger partial charge is 0.0705 e. The number of benzene rings is 1. The fourth-order valence-corrected chi connectivity index (χ4v) is 2.17. The van der Waals surface area contributed by atoms with E-state index < -0.39 is 0 Å². The Morgan fingerprint density at radius 2 is 2.11 bits per heavy atom. The van der Waals surface area contributed by atoms with E-state index in [-0.39, 0.29) is 6.61 Å². The number of hydrogen-bond donors (Lipinski definition) is 2. The highest BCUT2D eigenvalue weighted by molar-refractivity contribution is 5.79. The lowest BCUT2D eigenvalue weighted by Gasteiger charge is -2.11. The average molecular weight is 258 g/mol. The monoisotopic (exact) mass is 258 g/mol. The van der Waals surface area contributed by atoms with Crippen molar-refractivity contribution in [1.29, 1.82) is 0 Å². The minimum Gasteiger partial charge on any atom is -0.396 e. The first kappa shape index (κ1) is 14.0. The molecule has 1 aromatic heterocycles. The fourth-order valence-electron chi connectivity index (χ4n) is 2.17. The third-order valence-electron chi connectivity index (χ3n) is 3.34. The molecule has 19 heavy (non-hydrogen) atoms. The van der Waals surface area contributed by atoms with Crippen LogP contribution in [0.3, 0.4) is 0 Å². The number of nitrogens with zero attached hydrogens (tertiary/aromatic N) is 1. The number of aliphatic hydroxyl groups excluding tert-OH is 1. The third kappa shape index (κ3) is 4.01. The van der Waals surface area contributed by atoms with Gasteiger partial charge in [-0.05, 0) is 49.6 Å². The predicted octanol–water partition coefficient (Wildman–Crippen LogP) is 2.65. The van der Waals surface area contributed by atoms with Gasteiger partial charge in [0.05, 0.1) is 5.52 Å². The van der Waals surface area contributed by atoms with Crippen LogP contribution in [0.25, 0.3) is 10.9 Å². The van der Waals surface area contributed by atoms with Gasteiger partial charge in [-0.2, -0.15) is 0 Å². The lowest BCUT2D eigenvalue weighted by Crippen LogP contribution is -2.21. The molecule has 0 saturated carbocycles. The van der Waals surface area contributed by atoms with Gasteiger partial charge in [0.1, 0.15) is 0 Å². The van der Waals surface area contributed by atoms with Crippen molar-refractivity contribution < 1.29 is 5.11 Å². The van der Waals surface area contributed by atoms with Crippen LogP contribution in [0, 0.1) is 12.8 Å². The van der Waals surface area contributed by atoms with Gasteiger partial charge in [-0.15, -0.1) is 0 Å². The summed E-state index contributed by atoms with van der Waals surface area (Å²) in [5, 5.41) is 13.5. The lowest BCUT2D eigenvalue weighted by molar-refractivity contribution is 0.260. The SMILES string of the molecule is Cc1ccc2cc(CNCC(C)CCO)ccc2n1. The minimum atomic E-state index is 0.268. The Kier molecular flexibility index (Phi) is 4.88. The first-order valence-corrected chi connectivity index (χ1v) is 6.87. The van der Waals surface area contributed by atoms with Gasteiger partial charge in [0.25, 0.3) is 0 Å². The maximum atomic E-state index is 8.86. The number of nitrogens with one attached hydrogen (secondary N) is 1. The number of aromatic nitrogens is 1. The Balaban J connectivity index is 1.96. The van der Waals surface area contributed by atoms with E-state index in [0.29, 0.717) is 5.92 Å². The van der Waals surface area contributed by atoms with Crippen LogP contribution >= 0.6 is 0 Å². The molecule has 2 rings (SSSR count). The number of aliphatic hydroxyl groups is 1. The number of aryl methyl sites for hydroxylation is 1. The minimum absolute atomic E-state index is 0.268. The molecule has 0 aliphatic rings. The molecule has 1 atom stereocenters. The zero-order chi connectivity index (χ0) is 13.7. The van der Waals surface area contributed by atoms with E-state index in [1.165, 1.54) is 10.9 Å².